The topological polar surface area (TPSA) is 42.0 Å². The molecule has 1 aromatic rings. The van der Waals surface area contributed by atoms with Gasteiger partial charge < -0.3 is 9.47 Å². The van der Waals surface area contributed by atoms with Gasteiger partial charge in [0.05, 0.1) is 6.54 Å². The van der Waals surface area contributed by atoms with Crippen molar-refractivity contribution in [3.05, 3.63) is 23.8 Å². The predicted octanol–water partition coefficient (Wildman–Crippen LogP) is 4.10. The standard InChI is InChI=1S/C26H36N2O3/c29-23(3-4-26-13-20-9-21(14-26)11-22(10-20)15-26)17-28-7-5-27(6-8-28)16-19-1-2-24-25(12-19)31-18-30-24/h1-2,12,20-22H,3-11,13-18H2. The summed E-state index contributed by atoms with van der Waals surface area (Å²) in [6.45, 7) is 5.96. The van der Waals surface area contributed by atoms with Crippen LogP contribution < -0.4 is 9.47 Å². The zero-order valence-corrected chi connectivity index (χ0v) is 18.7. The molecule has 5 nitrogen and oxygen atoms in total. The largest absolute Gasteiger partial charge is 0.454 e. The maximum atomic E-state index is 12.8. The van der Waals surface area contributed by atoms with Crippen molar-refractivity contribution in [2.45, 2.75) is 57.9 Å². The lowest BCUT2D eigenvalue weighted by molar-refractivity contribution is -0.123. The van der Waals surface area contributed by atoms with Gasteiger partial charge >= 0.3 is 0 Å². The van der Waals surface area contributed by atoms with Crippen LogP contribution in [0.5, 0.6) is 11.5 Å². The van der Waals surface area contributed by atoms with Crippen molar-refractivity contribution >= 4 is 5.78 Å². The summed E-state index contributed by atoms with van der Waals surface area (Å²) in [7, 11) is 0. The van der Waals surface area contributed by atoms with Crippen LogP contribution in [0.3, 0.4) is 0 Å². The zero-order chi connectivity index (χ0) is 20.8. The Labute approximate surface area is 186 Å². The van der Waals surface area contributed by atoms with Gasteiger partial charge in [-0.05, 0) is 85.8 Å². The molecule has 4 aliphatic carbocycles. The van der Waals surface area contributed by atoms with E-state index in [-0.39, 0.29) is 0 Å². The number of carbonyl (C=O) groups is 1. The summed E-state index contributed by atoms with van der Waals surface area (Å²) in [6, 6.07) is 6.24. The molecule has 0 aromatic heterocycles. The summed E-state index contributed by atoms with van der Waals surface area (Å²) < 4.78 is 10.9. The van der Waals surface area contributed by atoms with Crippen molar-refractivity contribution < 1.29 is 14.3 Å². The van der Waals surface area contributed by atoms with Crippen molar-refractivity contribution in [1.82, 2.24) is 9.80 Å². The molecule has 4 saturated carbocycles. The first kappa shape index (κ1) is 20.0. The van der Waals surface area contributed by atoms with Crippen molar-refractivity contribution in [2.75, 3.05) is 39.5 Å². The normalized spacial score (nSPS) is 34.4. The zero-order valence-electron chi connectivity index (χ0n) is 18.7. The molecule has 0 radical (unpaired) electrons. The molecule has 0 N–H and O–H groups in total. The summed E-state index contributed by atoms with van der Waals surface area (Å²) in [4.78, 5) is 17.7. The van der Waals surface area contributed by atoms with Crippen molar-refractivity contribution in [2.24, 2.45) is 23.2 Å². The lowest BCUT2D eigenvalue weighted by Crippen LogP contribution is -2.48. The van der Waals surface area contributed by atoms with Gasteiger partial charge in [0.15, 0.2) is 11.5 Å². The highest BCUT2D eigenvalue weighted by Crippen LogP contribution is 2.61. The number of piperazine rings is 1. The highest BCUT2D eigenvalue weighted by Gasteiger charge is 2.50. The molecule has 1 aromatic carbocycles. The Morgan fingerprint density at radius 3 is 2.26 bits per heavy atom. The SMILES string of the molecule is O=C(CCC12CC3CC(CC(C3)C1)C2)CN1CCN(Cc2ccc3c(c2)OCO3)CC1. The molecule has 2 heterocycles. The van der Waals surface area contributed by atoms with E-state index in [2.05, 4.69) is 21.9 Å². The van der Waals surface area contributed by atoms with Crippen LogP contribution in [0, 0.1) is 23.2 Å². The van der Waals surface area contributed by atoms with Crippen molar-refractivity contribution in [3.63, 3.8) is 0 Å². The third-order valence-corrected chi connectivity index (χ3v) is 8.81. The summed E-state index contributed by atoms with van der Waals surface area (Å²) in [5, 5.41) is 0. The van der Waals surface area contributed by atoms with Crippen molar-refractivity contribution in [3.8, 4) is 11.5 Å². The van der Waals surface area contributed by atoms with Gasteiger partial charge in [-0.1, -0.05) is 6.07 Å². The summed E-state index contributed by atoms with van der Waals surface area (Å²) >= 11 is 0. The third kappa shape index (κ3) is 4.23. The minimum Gasteiger partial charge on any atom is -0.454 e. The van der Waals surface area contributed by atoms with E-state index in [1.54, 1.807) is 0 Å². The first-order valence-electron chi connectivity index (χ1n) is 12.5. The highest BCUT2D eigenvalue weighted by atomic mass is 16.7. The maximum Gasteiger partial charge on any atom is 0.231 e. The number of ether oxygens (including phenoxy) is 2. The molecular weight excluding hydrogens is 388 g/mol. The lowest BCUT2D eigenvalue weighted by Gasteiger charge is -2.57. The quantitative estimate of drug-likeness (QED) is 0.659. The van der Waals surface area contributed by atoms with Crippen LogP contribution in [0.4, 0.5) is 0 Å². The van der Waals surface area contributed by atoms with E-state index in [1.807, 2.05) is 6.07 Å². The highest BCUT2D eigenvalue weighted by molar-refractivity contribution is 5.80. The molecule has 5 heteroatoms. The number of carbonyl (C=O) groups excluding carboxylic acids is 1. The summed E-state index contributed by atoms with van der Waals surface area (Å²) in [6.07, 6.45) is 10.7. The van der Waals surface area contributed by atoms with Gasteiger partial charge in [-0.3, -0.25) is 14.6 Å². The number of hydrogen-bond donors (Lipinski definition) is 0. The Bertz CT molecular complexity index is 795. The van der Waals surface area contributed by atoms with E-state index in [1.165, 1.54) is 50.5 Å². The fourth-order valence-corrected chi connectivity index (χ4v) is 7.73. The number of fused-ring (bicyclic) bond motifs is 1. The average Bonchev–Trinajstić information content (AvgIpc) is 3.21. The maximum absolute atomic E-state index is 12.8. The van der Waals surface area contributed by atoms with E-state index in [0.717, 1.165) is 68.4 Å². The third-order valence-electron chi connectivity index (χ3n) is 8.81. The molecule has 31 heavy (non-hydrogen) atoms. The molecular formula is C26H36N2O3. The summed E-state index contributed by atoms with van der Waals surface area (Å²) in [5.41, 5.74) is 1.80. The number of ketones is 1. The van der Waals surface area contributed by atoms with Gasteiger partial charge in [-0.2, -0.15) is 0 Å². The Balaban J connectivity index is 0.948. The van der Waals surface area contributed by atoms with Gasteiger partial charge in [-0.15, -0.1) is 0 Å². The fourth-order valence-electron chi connectivity index (χ4n) is 7.73. The summed E-state index contributed by atoms with van der Waals surface area (Å²) in [5.74, 6) is 5.14. The van der Waals surface area contributed by atoms with Gasteiger partial charge in [0.2, 0.25) is 6.79 Å². The smallest absolute Gasteiger partial charge is 0.231 e. The van der Waals surface area contributed by atoms with Crippen LogP contribution in [0.2, 0.25) is 0 Å². The molecule has 4 bridgehead atoms. The Kier molecular flexibility index (Phi) is 5.22. The number of hydrogen-bond acceptors (Lipinski definition) is 5. The number of rotatable bonds is 7. The molecule has 168 valence electrons. The second-order valence-electron chi connectivity index (χ2n) is 11.2. The van der Waals surface area contributed by atoms with Crippen LogP contribution >= 0.6 is 0 Å². The Morgan fingerprint density at radius 2 is 1.55 bits per heavy atom. The van der Waals surface area contributed by atoms with E-state index >= 15 is 0 Å². The van der Waals surface area contributed by atoms with Crippen LogP contribution in [0.15, 0.2) is 18.2 Å². The van der Waals surface area contributed by atoms with E-state index in [9.17, 15) is 4.79 Å². The van der Waals surface area contributed by atoms with Gasteiger partial charge in [0.25, 0.3) is 0 Å². The van der Waals surface area contributed by atoms with Gasteiger partial charge in [-0.25, -0.2) is 0 Å². The molecule has 6 aliphatic rings. The molecule has 2 aliphatic heterocycles. The fraction of sp³-hybridized carbons (Fsp3) is 0.731. The van der Waals surface area contributed by atoms with Gasteiger partial charge in [0.1, 0.15) is 5.78 Å². The monoisotopic (exact) mass is 424 g/mol. The lowest BCUT2D eigenvalue weighted by atomic mass is 9.48. The molecule has 0 spiro atoms. The minimum absolute atomic E-state index is 0.328. The van der Waals surface area contributed by atoms with Crippen molar-refractivity contribution in [1.29, 1.82) is 0 Å². The van der Waals surface area contributed by atoms with Crippen LogP contribution in [-0.4, -0.2) is 55.1 Å². The number of benzene rings is 1. The number of Topliss-reactive ketones (excluding diaryl/α,β-unsaturated/α-hetero) is 1. The van der Waals surface area contributed by atoms with Gasteiger partial charge in [0, 0.05) is 39.1 Å². The van der Waals surface area contributed by atoms with E-state index in [4.69, 9.17) is 9.47 Å². The molecule has 1 saturated heterocycles. The second-order valence-corrected chi connectivity index (χ2v) is 11.2. The second kappa shape index (κ2) is 8.08. The predicted molar refractivity (Wildman–Crippen MR) is 119 cm³/mol. The molecule has 5 fully saturated rings. The molecule has 0 amide bonds. The average molecular weight is 425 g/mol. The molecule has 0 atom stereocenters. The first-order valence-corrected chi connectivity index (χ1v) is 12.5. The Hall–Kier alpha value is -1.59. The van der Waals surface area contributed by atoms with E-state index < -0.39 is 0 Å². The minimum atomic E-state index is 0.328. The van der Waals surface area contributed by atoms with E-state index in [0.29, 0.717) is 24.5 Å². The molecule has 0 unspecified atom stereocenters. The van der Waals surface area contributed by atoms with Crippen LogP contribution in [0.25, 0.3) is 0 Å². The van der Waals surface area contributed by atoms with Crippen LogP contribution in [-0.2, 0) is 11.3 Å². The van der Waals surface area contributed by atoms with Crippen LogP contribution in [0.1, 0.15) is 56.9 Å². The molecule has 7 rings (SSSR count). The number of nitrogens with zero attached hydrogens (tertiary/aromatic N) is 2. The first-order chi connectivity index (χ1) is 15.1. The Morgan fingerprint density at radius 1 is 0.903 bits per heavy atom.